The smallest absolute Gasteiger partial charge is 0.262 e. The van der Waals surface area contributed by atoms with E-state index >= 15 is 0 Å². The van der Waals surface area contributed by atoms with Gasteiger partial charge >= 0.3 is 0 Å². The van der Waals surface area contributed by atoms with E-state index in [0.717, 1.165) is 5.56 Å². The van der Waals surface area contributed by atoms with Crippen LogP contribution in [0.2, 0.25) is 5.02 Å². The number of ether oxygens (including phenoxy) is 1. The molecule has 5 heteroatoms. The molecule has 0 radical (unpaired) electrons. The van der Waals surface area contributed by atoms with Crippen LogP contribution < -0.4 is 10.1 Å². The molecule has 2 N–H and O–H groups in total. The lowest BCUT2D eigenvalue weighted by atomic mass is 10.1. The van der Waals surface area contributed by atoms with Crippen LogP contribution in [0.15, 0.2) is 48.5 Å². The van der Waals surface area contributed by atoms with Gasteiger partial charge in [-0.1, -0.05) is 29.8 Å². The summed E-state index contributed by atoms with van der Waals surface area (Å²) < 4.78 is 5.38. The molecule has 0 saturated carbocycles. The minimum atomic E-state index is -0.523. The second kappa shape index (κ2) is 7.11. The molecule has 0 saturated heterocycles. The molecule has 0 aliphatic carbocycles. The van der Waals surface area contributed by atoms with Gasteiger partial charge in [0, 0.05) is 10.7 Å². The Bertz CT molecular complexity index is 611. The fourth-order valence-electron chi connectivity index (χ4n) is 1.75. The van der Waals surface area contributed by atoms with E-state index in [1.165, 1.54) is 0 Å². The number of anilines is 1. The van der Waals surface area contributed by atoms with Crippen molar-refractivity contribution in [2.75, 3.05) is 11.9 Å². The molecular weight excluding hydrogens is 290 g/mol. The molecule has 1 amide bonds. The van der Waals surface area contributed by atoms with Gasteiger partial charge in [0.25, 0.3) is 5.91 Å². The standard InChI is InChI=1S/C16H16ClNO3/c1-11(19)12-5-7-15(8-6-12)21-10-16(20)18-14-4-2-3-13(17)9-14/h2-9,11,19H,10H2,1H3,(H,18,20)/t11-/m0/s1. The summed E-state index contributed by atoms with van der Waals surface area (Å²) in [5.41, 5.74) is 1.42. The minimum Gasteiger partial charge on any atom is -0.484 e. The topological polar surface area (TPSA) is 58.6 Å². The van der Waals surface area contributed by atoms with Crippen molar-refractivity contribution in [1.82, 2.24) is 0 Å². The zero-order valence-corrected chi connectivity index (χ0v) is 12.3. The maximum Gasteiger partial charge on any atom is 0.262 e. The van der Waals surface area contributed by atoms with Crippen molar-refractivity contribution in [2.24, 2.45) is 0 Å². The van der Waals surface area contributed by atoms with Gasteiger partial charge in [-0.25, -0.2) is 0 Å². The maximum atomic E-state index is 11.8. The Morgan fingerprint density at radius 3 is 2.62 bits per heavy atom. The van der Waals surface area contributed by atoms with Crippen molar-refractivity contribution < 1.29 is 14.6 Å². The number of halogens is 1. The van der Waals surface area contributed by atoms with E-state index in [-0.39, 0.29) is 12.5 Å². The number of aliphatic hydroxyl groups excluding tert-OH is 1. The molecule has 1 atom stereocenters. The highest BCUT2D eigenvalue weighted by Crippen LogP contribution is 2.18. The molecule has 0 unspecified atom stereocenters. The first-order chi connectivity index (χ1) is 10.0. The Hall–Kier alpha value is -2.04. The summed E-state index contributed by atoms with van der Waals surface area (Å²) in [5.74, 6) is 0.303. The summed E-state index contributed by atoms with van der Waals surface area (Å²) in [6.45, 7) is 1.59. The van der Waals surface area contributed by atoms with Crippen LogP contribution in [0.5, 0.6) is 5.75 Å². The molecule has 0 aliphatic heterocycles. The fraction of sp³-hybridized carbons (Fsp3) is 0.188. The van der Waals surface area contributed by atoms with E-state index in [2.05, 4.69) is 5.32 Å². The van der Waals surface area contributed by atoms with Gasteiger partial charge in [0.05, 0.1) is 6.10 Å². The van der Waals surface area contributed by atoms with Crippen molar-refractivity contribution in [3.8, 4) is 5.75 Å². The van der Waals surface area contributed by atoms with Gasteiger partial charge in [-0.05, 0) is 42.8 Å². The molecule has 0 spiro atoms. The predicted octanol–water partition coefficient (Wildman–Crippen LogP) is 3.41. The zero-order chi connectivity index (χ0) is 15.2. The molecule has 0 fully saturated rings. The maximum absolute atomic E-state index is 11.8. The van der Waals surface area contributed by atoms with E-state index in [1.807, 2.05) is 0 Å². The van der Waals surface area contributed by atoms with Crippen LogP contribution in [0.1, 0.15) is 18.6 Å². The third kappa shape index (κ3) is 4.77. The molecule has 0 bridgehead atoms. The average Bonchev–Trinajstić information content (AvgIpc) is 2.45. The third-order valence-electron chi connectivity index (χ3n) is 2.84. The number of carbonyl (C=O) groups is 1. The second-order valence-corrected chi connectivity index (χ2v) is 5.03. The number of rotatable bonds is 5. The van der Waals surface area contributed by atoms with Gasteiger partial charge in [0.2, 0.25) is 0 Å². The van der Waals surface area contributed by atoms with Crippen molar-refractivity contribution >= 4 is 23.2 Å². The molecule has 4 nitrogen and oxygen atoms in total. The Balaban J connectivity index is 1.86. The highest BCUT2D eigenvalue weighted by atomic mass is 35.5. The van der Waals surface area contributed by atoms with Crippen LogP contribution in [0.4, 0.5) is 5.69 Å². The first-order valence-electron chi connectivity index (χ1n) is 6.51. The van der Waals surface area contributed by atoms with Gasteiger partial charge in [-0.2, -0.15) is 0 Å². The molecular formula is C16H16ClNO3. The van der Waals surface area contributed by atoms with E-state index in [9.17, 15) is 9.90 Å². The lowest BCUT2D eigenvalue weighted by molar-refractivity contribution is -0.118. The number of amides is 1. The number of carbonyl (C=O) groups excluding carboxylic acids is 1. The quantitative estimate of drug-likeness (QED) is 0.890. The summed E-state index contributed by atoms with van der Waals surface area (Å²) >= 11 is 5.84. The van der Waals surface area contributed by atoms with Crippen molar-refractivity contribution in [3.63, 3.8) is 0 Å². The van der Waals surface area contributed by atoms with Crippen molar-refractivity contribution in [2.45, 2.75) is 13.0 Å². The number of benzene rings is 2. The van der Waals surface area contributed by atoms with E-state index in [0.29, 0.717) is 16.5 Å². The Labute approximate surface area is 128 Å². The highest BCUT2D eigenvalue weighted by Gasteiger charge is 2.05. The molecule has 110 valence electrons. The van der Waals surface area contributed by atoms with Crippen LogP contribution in [0.25, 0.3) is 0 Å². The third-order valence-corrected chi connectivity index (χ3v) is 3.08. The zero-order valence-electron chi connectivity index (χ0n) is 11.5. The lowest BCUT2D eigenvalue weighted by Gasteiger charge is -2.09. The second-order valence-electron chi connectivity index (χ2n) is 4.59. The predicted molar refractivity (Wildman–Crippen MR) is 82.7 cm³/mol. The lowest BCUT2D eigenvalue weighted by Crippen LogP contribution is -2.20. The van der Waals surface area contributed by atoms with Crippen LogP contribution in [-0.4, -0.2) is 17.6 Å². The summed E-state index contributed by atoms with van der Waals surface area (Å²) in [6.07, 6.45) is -0.523. The Kier molecular flexibility index (Phi) is 5.20. The van der Waals surface area contributed by atoms with Crippen LogP contribution in [0, 0.1) is 0 Å². The van der Waals surface area contributed by atoms with Gasteiger partial charge in [-0.3, -0.25) is 4.79 Å². The average molecular weight is 306 g/mol. The molecule has 2 aromatic rings. The summed E-state index contributed by atoms with van der Waals surface area (Å²) in [7, 11) is 0. The van der Waals surface area contributed by atoms with E-state index in [1.54, 1.807) is 55.5 Å². The van der Waals surface area contributed by atoms with Crippen molar-refractivity contribution in [3.05, 3.63) is 59.1 Å². The normalized spacial score (nSPS) is 11.8. The number of hydrogen-bond donors (Lipinski definition) is 2. The van der Waals surface area contributed by atoms with Crippen molar-refractivity contribution in [1.29, 1.82) is 0 Å². The summed E-state index contributed by atoms with van der Waals surface area (Å²) in [4.78, 5) is 11.8. The Morgan fingerprint density at radius 1 is 1.29 bits per heavy atom. The minimum absolute atomic E-state index is 0.0967. The SMILES string of the molecule is C[C@H](O)c1ccc(OCC(=O)Nc2cccc(Cl)c2)cc1. The summed E-state index contributed by atoms with van der Waals surface area (Å²) in [5, 5.41) is 12.7. The van der Waals surface area contributed by atoms with Crippen LogP contribution in [0.3, 0.4) is 0 Å². The molecule has 0 aliphatic rings. The number of aliphatic hydroxyl groups is 1. The van der Waals surface area contributed by atoms with Gasteiger partial charge in [0.15, 0.2) is 6.61 Å². The fourth-order valence-corrected chi connectivity index (χ4v) is 1.95. The largest absolute Gasteiger partial charge is 0.484 e. The van der Waals surface area contributed by atoms with Gasteiger partial charge in [0.1, 0.15) is 5.75 Å². The molecule has 2 rings (SSSR count). The first-order valence-corrected chi connectivity index (χ1v) is 6.88. The molecule has 2 aromatic carbocycles. The molecule has 0 aromatic heterocycles. The molecule has 21 heavy (non-hydrogen) atoms. The number of hydrogen-bond acceptors (Lipinski definition) is 3. The van der Waals surface area contributed by atoms with Crippen LogP contribution >= 0.6 is 11.6 Å². The van der Waals surface area contributed by atoms with Crippen LogP contribution in [-0.2, 0) is 4.79 Å². The summed E-state index contributed by atoms with van der Waals surface area (Å²) in [6, 6.07) is 13.9. The van der Waals surface area contributed by atoms with E-state index < -0.39 is 6.10 Å². The molecule has 0 heterocycles. The van der Waals surface area contributed by atoms with E-state index in [4.69, 9.17) is 16.3 Å². The first kappa shape index (κ1) is 15.4. The Morgan fingerprint density at radius 2 is 2.00 bits per heavy atom. The monoisotopic (exact) mass is 305 g/mol. The highest BCUT2D eigenvalue weighted by molar-refractivity contribution is 6.30. The number of nitrogens with one attached hydrogen (secondary N) is 1. The van der Waals surface area contributed by atoms with Gasteiger partial charge < -0.3 is 15.2 Å². The van der Waals surface area contributed by atoms with Gasteiger partial charge in [-0.15, -0.1) is 0 Å².